The van der Waals surface area contributed by atoms with Gasteiger partial charge in [0.25, 0.3) is 0 Å². The second-order valence-electron chi connectivity index (χ2n) is 7.94. The van der Waals surface area contributed by atoms with Gasteiger partial charge in [0, 0.05) is 38.0 Å². The Morgan fingerprint density at radius 1 is 0.958 bits per heavy atom. The van der Waals surface area contributed by atoms with E-state index in [9.17, 15) is 19.5 Å². The van der Waals surface area contributed by atoms with Crippen LogP contribution in [0.15, 0.2) is 0 Å². The Morgan fingerprint density at radius 3 is 2.08 bits per heavy atom. The van der Waals surface area contributed by atoms with Crippen molar-refractivity contribution in [3.8, 4) is 0 Å². The standard InChI is InChI=1S/C18H28N2O4/c1-11(2)16(21)19-7-5-13(6-8-19)17(22)20-9-14(12-3-4-12)15(10-20)18(23)24/h11-15H,3-10H2,1-2H3,(H,23,24)/t14-,15+/m1/s1. The number of carbonyl (C=O) groups excluding carboxylic acids is 2. The van der Waals surface area contributed by atoms with Gasteiger partial charge >= 0.3 is 5.97 Å². The number of aliphatic carboxylic acids is 1. The highest BCUT2D eigenvalue weighted by atomic mass is 16.4. The molecule has 2 atom stereocenters. The number of hydrogen-bond acceptors (Lipinski definition) is 3. The molecule has 0 spiro atoms. The fourth-order valence-electron chi connectivity index (χ4n) is 4.24. The van der Waals surface area contributed by atoms with Crippen LogP contribution in [0.25, 0.3) is 0 Å². The maximum absolute atomic E-state index is 12.8. The third kappa shape index (κ3) is 3.42. The van der Waals surface area contributed by atoms with Gasteiger partial charge in [0.05, 0.1) is 5.92 Å². The Bertz CT molecular complexity index is 521. The van der Waals surface area contributed by atoms with Crippen molar-refractivity contribution in [1.82, 2.24) is 9.80 Å². The highest BCUT2D eigenvalue weighted by Crippen LogP contribution is 2.44. The van der Waals surface area contributed by atoms with Gasteiger partial charge in [-0.25, -0.2) is 0 Å². The van der Waals surface area contributed by atoms with Crippen molar-refractivity contribution < 1.29 is 19.5 Å². The van der Waals surface area contributed by atoms with Crippen molar-refractivity contribution in [2.45, 2.75) is 39.5 Å². The lowest BCUT2D eigenvalue weighted by molar-refractivity contribution is -0.144. The average Bonchev–Trinajstić information content (AvgIpc) is 3.31. The predicted molar refractivity (Wildman–Crippen MR) is 88.1 cm³/mol. The van der Waals surface area contributed by atoms with Crippen LogP contribution in [-0.4, -0.2) is 58.9 Å². The molecule has 2 amide bonds. The molecule has 3 rings (SSSR count). The Morgan fingerprint density at radius 2 is 1.58 bits per heavy atom. The molecule has 1 saturated carbocycles. The smallest absolute Gasteiger partial charge is 0.308 e. The molecule has 0 unspecified atom stereocenters. The summed E-state index contributed by atoms with van der Waals surface area (Å²) in [4.78, 5) is 40.0. The van der Waals surface area contributed by atoms with Crippen LogP contribution in [0.4, 0.5) is 0 Å². The van der Waals surface area contributed by atoms with Crippen LogP contribution < -0.4 is 0 Å². The molecule has 1 N–H and O–H groups in total. The number of carboxylic acid groups (broad SMARTS) is 1. The van der Waals surface area contributed by atoms with E-state index >= 15 is 0 Å². The molecule has 134 valence electrons. The average molecular weight is 336 g/mol. The molecule has 0 aromatic heterocycles. The fourth-order valence-corrected chi connectivity index (χ4v) is 4.24. The number of carboxylic acids is 1. The summed E-state index contributed by atoms with van der Waals surface area (Å²) >= 11 is 0. The van der Waals surface area contributed by atoms with Gasteiger partial charge in [0.2, 0.25) is 11.8 Å². The van der Waals surface area contributed by atoms with E-state index in [0.29, 0.717) is 44.9 Å². The maximum Gasteiger partial charge on any atom is 0.308 e. The van der Waals surface area contributed by atoms with Gasteiger partial charge in [0.15, 0.2) is 0 Å². The molecule has 2 heterocycles. The predicted octanol–water partition coefficient (Wildman–Crippen LogP) is 1.45. The molecule has 0 aromatic rings. The summed E-state index contributed by atoms with van der Waals surface area (Å²) in [5, 5.41) is 9.44. The number of hydrogen-bond donors (Lipinski definition) is 1. The minimum absolute atomic E-state index is 0.00791. The Hall–Kier alpha value is -1.59. The van der Waals surface area contributed by atoms with Gasteiger partial charge in [0.1, 0.15) is 0 Å². The van der Waals surface area contributed by atoms with Crippen LogP contribution in [0, 0.1) is 29.6 Å². The van der Waals surface area contributed by atoms with Gasteiger partial charge < -0.3 is 14.9 Å². The number of piperidine rings is 1. The summed E-state index contributed by atoms with van der Waals surface area (Å²) in [6.45, 7) is 6.03. The zero-order valence-electron chi connectivity index (χ0n) is 14.6. The molecular formula is C18H28N2O4. The van der Waals surface area contributed by atoms with E-state index in [-0.39, 0.29) is 29.6 Å². The third-order valence-electron chi connectivity index (χ3n) is 5.87. The van der Waals surface area contributed by atoms with Crippen molar-refractivity contribution in [2.75, 3.05) is 26.2 Å². The minimum Gasteiger partial charge on any atom is -0.481 e. The first kappa shape index (κ1) is 17.2. The summed E-state index contributed by atoms with van der Waals surface area (Å²) in [6, 6.07) is 0. The molecule has 3 aliphatic rings. The second kappa shape index (κ2) is 6.73. The number of amides is 2. The van der Waals surface area contributed by atoms with Gasteiger partial charge in [-0.15, -0.1) is 0 Å². The van der Waals surface area contributed by atoms with Gasteiger partial charge in [-0.05, 0) is 37.5 Å². The highest BCUT2D eigenvalue weighted by Gasteiger charge is 2.47. The molecule has 2 saturated heterocycles. The first-order valence-corrected chi connectivity index (χ1v) is 9.18. The van der Waals surface area contributed by atoms with Gasteiger partial charge in [-0.2, -0.15) is 0 Å². The molecular weight excluding hydrogens is 308 g/mol. The molecule has 6 heteroatoms. The first-order chi connectivity index (χ1) is 11.4. The summed E-state index contributed by atoms with van der Waals surface area (Å²) < 4.78 is 0. The van der Waals surface area contributed by atoms with Crippen molar-refractivity contribution in [3.05, 3.63) is 0 Å². The van der Waals surface area contributed by atoms with Crippen molar-refractivity contribution in [2.24, 2.45) is 29.6 Å². The van der Waals surface area contributed by atoms with Gasteiger partial charge in [-0.1, -0.05) is 13.8 Å². The lowest BCUT2D eigenvalue weighted by atomic mass is 9.92. The molecule has 0 bridgehead atoms. The summed E-state index contributed by atoms with van der Waals surface area (Å²) in [7, 11) is 0. The van der Waals surface area contributed by atoms with Crippen LogP contribution >= 0.6 is 0 Å². The fraction of sp³-hybridized carbons (Fsp3) is 0.833. The van der Waals surface area contributed by atoms with Crippen molar-refractivity contribution in [1.29, 1.82) is 0 Å². The van der Waals surface area contributed by atoms with Crippen LogP contribution in [0.1, 0.15) is 39.5 Å². The molecule has 6 nitrogen and oxygen atoms in total. The number of likely N-dealkylation sites (tertiary alicyclic amines) is 2. The first-order valence-electron chi connectivity index (χ1n) is 9.18. The zero-order valence-corrected chi connectivity index (χ0v) is 14.6. The number of rotatable bonds is 4. The Kier molecular flexibility index (Phi) is 4.83. The lowest BCUT2D eigenvalue weighted by Crippen LogP contribution is -2.45. The van der Waals surface area contributed by atoms with Crippen LogP contribution in [-0.2, 0) is 14.4 Å². The molecule has 0 aromatic carbocycles. The number of nitrogens with zero attached hydrogens (tertiary/aromatic N) is 2. The Balaban J connectivity index is 1.56. The van der Waals surface area contributed by atoms with E-state index in [1.54, 1.807) is 4.90 Å². The SMILES string of the molecule is CC(C)C(=O)N1CCC(C(=O)N2C[C@H](C(=O)O)[C@@H](C3CC3)C2)CC1. The highest BCUT2D eigenvalue weighted by molar-refractivity contribution is 5.82. The van der Waals surface area contributed by atoms with Crippen LogP contribution in [0.3, 0.4) is 0 Å². The lowest BCUT2D eigenvalue weighted by Gasteiger charge is -2.34. The molecule has 3 fully saturated rings. The topological polar surface area (TPSA) is 77.9 Å². The summed E-state index contributed by atoms with van der Waals surface area (Å²) in [5.41, 5.74) is 0. The van der Waals surface area contributed by atoms with Crippen LogP contribution in [0.5, 0.6) is 0 Å². The largest absolute Gasteiger partial charge is 0.481 e. The van der Waals surface area contributed by atoms with Gasteiger partial charge in [-0.3, -0.25) is 14.4 Å². The van der Waals surface area contributed by atoms with E-state index in [4.69, 9.17) is 0 Å². The molecule has 1 aliphatic carbocycles. The second-order valence-corrected chi connectivity index (χ2v) is 7.94. The molecule has 0 radical (unpaired) electrons. The quantitative estimate of drug-likeness (QED) is 0.843. The van der Waals surface area contributed by atoms with Crippen molar-refractivity contribution >= 4 is 17.8 Å². The Labute approximate surface area is 143 Å². The monoisotopic (exact) mass is 336 g/mol. The van der Waals surface area contributed by atoms with E-state index in [0.717, 1.165) is 12.8 Å². The molecule has 2 aliphatic heterocycles. The normalized spacial score (nSPS) is 28.5. The van der Waals surface area contributed by atoms with E-state index in [1.807, 2.05) is 18.7 Å². The number of carbonyl (C=O) groups is 3. The van der Waals surface area contributed by atoms with E-state index < -0.39 is 11.9 Å². The maximum atomic E-state index is 12.8. The summed E-state index contributed by atoms with van der Waals surface area (Å²) in [6.07, 6.45) is 3.59. The minimum atomic E-state index is -0.764. The van der Waals surface area contributed by atoms with Crippen LogP contribution in [0.2, 0.25) is 0 Å². The summed E-state index contributed by atoms with van der Waals surface area (Å²) in [5.74, 6) is -0.352. The van der Waals surface area contributed by atoms with E-state index in [2.05, 4.69) is 0 Å². The zero-order chi connectivity index (χ0) is 17.4. The third-order valence-corrected chi connectivity index (χ3v) is 5.87. The van der Waals surface area contributed by atoms with Crippen molar-refractivity contribution in [3.63, 3.8) is 0 Å². The van der Waals surface area contributed by atoms with E-state index in [1.165, 1.54) is 0 Å². The molecule has 24 heavy (non-hydrogen) atoms.